The molecule has 0 spiro atoms. The minimum absolute atomic E-state index is 0.103. The van der Waals surface area contributed by atoms with Gasteiger partial charge >= 0.3 is 6.09 Å². The number of rotatable bonds is 3. The second kappa shape index (κ2) is 6.84. The van der Waals surface area contributed by atoms with Gasteiger partial charge in [0.15, 0.2) is 0 Å². The lowest BCUT2D eigenvalue weighted by molar-refractivity contribution is -0.124. The van der Waals surface area contributed by atoms with Gasteiger partial charge in [-0.25, -0.2) is 4.79 Å². The number of nitrogens with one attached hydrogen (secondary N) is 2. The summed E-state index contributed by atoms with van der Waals surface area (Å²) in [7, 11) is 0. The Morgan fingerprint density at radius 3 is 2.76 bits per heavy atom. The van der Waals surface area contributed by atoms with Gasteiger partial charge in [0.05, 0.1) is 11.1 Å². The third-order valence-electron chi connectivity index (χ3n) is 3.89. The van der Waals surface area contributed by atoms with E-state index in [-0.39, 0.29) is 19.1 Å². The van der Waals surface area contributed by atoms with E-state index in [1.54, 1.807) is 18.2 Å². The maximum Gasteiger partial charge on any atom is 0.411 e. The number of hydrogen-bond acceptors (Lipinski definition) is 4. The molecule has 0 unspecified atom stereocenters. The molecule has 0 aromatic heterocycles. The Labute approximate surface area is 146 Å². The third-order valence-corrected chi connectivity index (χ3v) is 3.89. The number of anilines is 2. The van der Waals surface area contributed by atoms with Crippen LogP contribution in [-0.2, 0) is 16.1 Å². The van der Waals surface area contributed by atoms with Crippen LogP contribution in [0, 0.1) is 5.41 Å². The molecule has 0 aliphatic carbocycles. The van der Waals surface area contributed by atoms with Crippen molar-refractivity contribution in [3.05, 3.63) is 54.1 Å². The van der Waals surface area contributed by atoms with E-state index in [0.29, 0.717) is 17.1 Å². The molecule has 0 radical (unpaired) electrons. The van der Waals surface area contributed by atoms with E-state index >= 15 is 0 Å². The molecule has 6 nitrogen and oxygen atoms in total. The Morgan fingerprint density at radius 1 is 1.24 bits per heavy atom. The van der Waals surface area contributed by atoms with Crippen LogP contribution in [0.1, 0.15) is 19.4 Å². The number of ether oxygens (including phenoxy) is 2. The Bertz CT molecular complexity index is 787. The molecular weight excluding hydrogens is 320 g/mol. The quantitative estimate of drug-likeness (QED) is 0.891. The van der Waals surface area contributed by atoms with Crippen molar-refractivity contribution >= 4 is 23.4 Å². The second-order valence-electron chi connectivity index (χ2n) is 6.52. The fourth-order valence-corrected chi connectivity index (χ4v) is 2.32. The molecule has 2 amide bonds. The van der Waals surface area contributed by atoms with E-state index in [0.717, 1.165) is 5.56 Å². The summed E-state index contributed by atoms with van der Waals surface area (Å²) in [5.74, 6) is 0.411. The van der Waals surface area contributed by atoms with Gasteiger partial charge in [-0.15, -0.1) is 0 Å². The van der Waals surface area contributed by atoms with Crippen LogP contribution in [0.4, 0.5) is 16.2 Å². The molecule has 0 bridgehead atoms. The lowest BCUT2D eigenvalue weighted by Crippen LogP contribution is -2.33. The Hall–Kier alpha value is -3.02. The minimum atomic E-state index is -0.624. The predicted molar refractivity (Wildman–Crippen MR) is 94.6 cm³/mol. The maximum atomic E-state index is 12.1. The van der Waals surface area contributed by atoms with Crippen molar-refractivity contribution in [3.8, 4) is 5.75 Å². The molecule has 0 saturated carbocycles. The van der Waals surface area contributed by atoms with Gasteiger partial charge in [-0.05, 0) is 31.5 Å². The summed E-state index contributed by atoms with van der Waals surface area (Å²) in [4.78, 5) is 24.0. The van der Waals surface area contributed by atoms with Gasteiger partial charge in [0, 0.05) is 11.8 Å². The lowest BCUT2D eigenvalue weighted by Gasteiger charge is -2.18. The highest BCUT2D eigenvalue weighted by Crippen LogP contribution is 2.34. The number of hydrogen-bond donors (Lipinski definition) is 2. The van der Waals surface area contributed by atoms with E-state index in [9.17, 15) is 9.59 Å². The molecular formula is C19H20N2O4. The van der Waals surface area contributed by atoms with E-state index in [1.165, 1.54) is 0 Å². The number of benzene rings is 2. The normalized spacial score (nSPS) is 15.2. The first-order chi connectivity index (χ1) is 11.9. The van der Waals surface area contributed by atoms with Crippen molar-refractivity contribution in [2.45, 2.75) is 20.5 Å². The van der Waals surface area contributed by atoms with Crippen molar-refractivity contribution in [1.29, 1.82) is 0 Å². The number of amides is 2. The van der Waals surface area contributed by atoms with Gasteiger partial charge in [-0.2, -0.15) is 0 Å². The highest BCUT2D eigenvalue weighted by atomic mass is 16.5. The van der Waals surface area contributed by atoms with Crippen molar-refractivity contribution in [2.75, 3.05) is 17.2 Å². The predicted octanol–water partition coefficient (Wildman–Crippen LogP) is 3.79. The molecule has 3 rings (SSSR count). The molecule has 2 N–H and O–H groups in total. The minimum Gasteiger partial charge on any atom is -0.490 e. The largest absolute Gasteiger partial charge is 0.490 e. The molecule has 2 aromatic carbocycles. The zero-order chi connectivity index (χ0) is 17.9. The summed E-state index contributed by atoms with van der Waals surface area (Å²) in [6, 6.07) is 14.5. The van der Waals surface area contributed by atoms with E-state index < -0.39 is 11.5 Å². The standard InChI is InChI=1S/C19H20N2O4/c1-19(2)12-25-16-10-14(8-9-15(16)21-17(19)22)20-18(23)24-11-13-6-4-3-5-7-13/h3-10H,11-12H2,1-2H3,(H,20,23)(H,21,22). The number of carbonyl (C=O) groups is 2. The summed E-state index contributed by atoms with van der Waals surface area (Å²) in [6.07, 6.45) is -0.554. The summed E-state index contributed by atoms with van der Waals surface area (Å²) in [5, 5.41) is 5.49. The second-order valence-corrected chi connectivity index (χ2v) is 6.52. The van der Waals surface area contributed by atoms with Crippen LogP contribution in [0.2, 0.25) is 0 Å². The summed E-state index contributed by atoms with van der Waals surface area (Å²) >= 11 is 0. The molecule has 6 heteroatoms. The van der Waals surface area contributed by atoms with Crippen LogP contribution in [0.15, 0.2) is 48.5 Å². The lowest BCUT2D eigenvalue weighted by atomic mass is 9.94. The first-order valence-corrected chi connectivity index (χ1v) is 8.00. The molecule has 1 aliphatic heterocycles. The van der Waals surface area contributed by atoms with Crippen LogP contribution in [-0.4, -0.2) is 18.6 Å². The van der Waals surface area contributed by atoms with E-state index in [1.807, 2.05) is 44.2 Å². The highest BCUT2D eigenvalue weighted by Gasteiger charge is 2.32. The molecule has 0 saturated heterocycles. The van der Waals surface area contributed by atoms with E-state index in [2.05, 4.69) is 10.6 Å². The molecule has 1 aliphatic rings. The van der Waals surface area contributed by atoms with Gasteiger partial charge in [-0.3, -0.25) is 10.1 Å². The number of carbonyl (C=O) groups excluding carboxylic acids is 2. The first kappa shape index (κ1) is 16.8. The molecule has 1 heterocycles. The fourth-order valence-electron chi connectivity index (χ4n) is 2.32. The van der Waals surface area contributed by atoms with Gasteiger partial charge in [0.2, 0.25) is 5.91 Å². The molecule has 130 valence electrons. The highest BCUT2D eigenvalue weighted by molar-refractivity contribution is 5.97. The topological polar surface area (TPSA) is 76.7 Å². The number of fused-ring (bicyclic) bond motifs is 1. The fraction of sp³-hybridized carbons (Fsp3) is 0.263. The summed E-state index contributed by atoms with van der Waals surface area (Å²) in [5.41, 5.74) is 1.40. The van der Waals surface area contributed by atoms with Crippen LogP contribution in [0.25, 0.3) is 0 Å². The van der Waals surface area contributed by atoms with Crippen LogP contribution in [0.3, 0.4) is 0 Å². The molecule has 2 aromatic rings. The van der Waals surface area contributed by atoms with Crippen molar-refractivity contribution < 1.29 is 19.1 Å². The molecule has 25 heavy (non-hydrogen) atoms. The SMILES string of the molecule is CC1(C)COc2cc(NC(=O)OCc3ccccc3)ccc2NC1=O. The van der Waals surface area contributed by atoms with E-state index in [4.69, 9.17) is 9.47 Å². The van der Waals surface area contributed by atoms with Crippen LogP contribution >= 0.6 is 0 Å². The van der Waals surface area contributed by atoms with Crippen molar-refractivity contribution in [2.24, 2.45) is 5.41 Å². The Balaban J connectivity index is 1.64. The third kappa shape index (κ3) is 4.09. The smallest absolute Gasteiger partial charge is 0.411 e. The van der Waals surface area contributed by atoms with Gasteiger partial charge in [0.25, 0.3) is 0 Å². The maximum absolute atomic E-state index is 12.1. The Kier molecular flexibility index (Phi) is 4.61. The monoisotopic (exact) mass is 340 g/mol. The van der Waals surface area contributed by atoms with Gasteiger partial charge < -0.3 is 14.8 Å². The average Bonchev–Trinajstić information content (AvgIpc) is 2.71. The van der Waals surface area contributed by atoms with Gasteiger partial charge in [-0.1, -0.05) is 30.3 Å². The zero-order valence-electron chi connectivity index (χ0n) is 14.2. The zero-order valence-corrected chi connectivity index (χ0v) is 14.2. The Morgan fingerprint density at radius 2 is 2.00 bits per heavy atom. The summed E-state index contributed by atoms with van der Waals surface area (Å²) < 4.78 is 10.9. The molecule has 0 fully saturated rings. The van der Waals surface area contributed by atoms with Crippen LogP contribution < -0.4 is 15.4 Å². The average molecular weight is 340 g/mol. The van der Waals surface area contributed by atoms with Crippen molar-refractivity contribution in [3.63, 3.8) is 0 Å². The first-order valence-electron chi connectivity index (χ1n) is 8.00. The van der Waals surface area contributed by atoms with Crippen molar-refractivity contribution in [1.82, 2.24) is 0 Å². The molecule has 0 atom stereocenters. The van der Waals surface area contributed by atoms with Gasteiger partial charge in [0.1, 0.15) is 19.0 Å². The summed E-state index contributed by atoms with van der Waals surface area (Å²) in [6.45, 7) is 4.08. The van der Waals surface area contributed by atoms with Crippen LogP contribution in [0.5, 0.6) is 5.75 Å².